The van der Waals surface area contributed by atoms with Crippen molar-refractivity contribution in [2.45, 2.75) is 50.5 Å². The van der Waals surface area contributed by atoms with Crippen molar-refractivity contribution in [1.82, 2.24) is 10.2 Å². The molecule has 1 aliphatic heterocycles. The average Bonchev–Trinajstić information content (AvgIpc) is 2.48. The van der Waals surface area contributed by atoms with Crippen LogP contribution in [-0.4, -0.2) is 54.4 Å². The number of amides is 2. The summed E-state index contributed by atoms with van der Waals surface area (Å²) in [5.41, 5.74) is -1.07. The van der Waals surface area contributed by atoms with Crippen LogP contribution in [0.5, 0.6) is 0 Å². The van der Waals surface area contributed by atoms with Gasteiger partial charge in [0.25, 0.3) is 0 Å². The number of likely N-dealkylation sites (tertiary alicyclic amines) is 1. The summed E-state index contributed by atoms with van der Waals surface area (Å²) >= 11 is 0. The topological polar surface area (TPSA) is 78.9 Å². The Hall–Kier alpha value is -1.30. The summed E-state index contributed by atoms with van der Waals surface area (Å²) in [6.45, 7) is 1.99. The fourth-order valence-electron chi connectivity index (χ4n) is 3.45. The molecule has 1 heterocycles. The molecule has 6 nitrogen and oxygen atoms in total. The summed E-state index contributed by atoms with van der Waals surface area (Å²) in [7, 11) is 1.67. The van der Waals surface area contributed by atoms with E-state index in [0.29, 0.717) is 38.5 Å². The second-order valence-electron chi connectivity index (χ2n) is 6.29. The average molecular weight is 298 g/mol. The van der Waals surface area contributed by atoms with Crippen LogP contribution < -0.4 is 5.32 Å². The number of nitrogens with one attached hydrogen (secondary N) is 1. The monoisotopic (exact) mass is 298 g/mol. The second-order valence-corrected chi connectivity index (χ2v) is 6.29. The van der Waals surface area contributed by atoms with Gasteiger partial charge in [-0.05, 0) is 25.7 Å². The molecule has 0 aromatic rings. The van der Waals surface area contributed by atoms with Gasteiger partial charge >= 0.3 is 12.0 Å². The number of rotatable bonds is 4. The molecule has 0 bridgehead atoms. The van der Waals surface area contributed by atoms with E-state index in [1.807, 2.05) is 0 Å². The van der Waals surface area contributed by atoms with Gasteiger partial charge in [0, 0.05) is 26.1 Å². The number of nitrogens with zero attached hydrogens (tertiary/aromatic N) is 1. The largest absolute Gasteiger partial charge is 0.480 e. The molecule has 120 valence electrons. The molecule has 2 N–H and O–H groups in total. The normalized spacial score (nSPS) is 25.4. The lowest BCUT2D eigenvalue weighted by molar-refractivity contribution is -0.146. The Morgan fingerprint density at radius 1 is 1.29 bits per heavy atom. The van der Waals surface area contributed by atoms with E-state index in [1.165, 1.54) is 0 Å². The van der Waals surface area contributed by atoms with Crippen molar-refractivity contribution in [1.29, 1.82) is 0 Å². The van der Waals surface area contributed by atoms with Gasteiger partial charge in [0.05, 0.1) is 6.61 Å². The fraction of sp³-hybridized carbons (Fsp3) is 0.867. The highest BCUT2D eigenvalue weighted by molar-refractivity contribution is 5.86. The van der Waals surface area contributed by atoms with Crippen molar-refractivity contribution >= 4 is 12.0 Å². The zero-order chi connectivity index (χ0) is 15.3. The molecule has 0 spiro atoms. The minimum absolute atomic E-state index is 0.236. The Balaban J connectivity index is 1.97. The first-order valence-electron chi connectivity index (χ1n) is 7.87. The number of aliphatic carboxylic acids is 1. The first-order valence-corrected chi connectivity index (χ1v) is 7.87. The zero-order valence-electron chi connectivity index (χ0n) is 12.8. The van der Waals surface area contributed by atoms with E-state index in [9.17, 15) is 14.7 Å². The highest BCUT2D eigenvalue weighted by atomic mass is 16.5. The van der Waals surface area contributed by atoms with Crippen molar-refractivity contribution < 1.29 is 19.4 Å². The summed E-state index contributed by atoms with van der Waals surface area (Å²) in [5.74, 6) is -0.553. The third-order valence-electron chi connectivity index (χ3n) is 4.67. The predicted octanol–water partition coefficient (Wildman–Crippen LogP) is 1.84. The Labute approximate surface area is 125 Å². The van der Waals surface area contributed by atoms with E-state index >= 15 is 0 Å². The van der Waals surface area contributed by atoms with Crippen molar-refractivity contribution in [2.75, 3.05) is 26.8 Å². The molecule has 6 heteroatoms. The summed E-state index contributed by atoms with van der Waals surface area (Å²) in [6, 6.07) is -0.236. The van der Waals surface area contributed by atoms with Crippen LogP contribution in [0.2, 0.25) is 0 Å². The Kier molecular flexibility index (Phi) is 5.45. The van der Waals surface area contributed by atoms with Gasteiger partial charge in [-0.2, -0.15) is 0 Å². The first-order chi connectivity index (χ1) is 10.1. The number of piperidine rings is 1. The number of carboxylic acid groups (broad SMARTS) is 1. The SMILES string of the molecule is COCC1CCCN(C(=O)NC2(C(=O)O)CCCCC2)C1. The number of urea groups is 1. The lowest BCUT2D eigenvalue weighted by Crippen LogP contribution is -2.59. The molecule has 0 aromatic heterocycles. The maximum absolute atomic E-state index is 12.4. The third kappa shape index (κ3) is 3.87. The van der Waals surface area contributed by atoms with Gasteiger partial charge in [-0.15, -0.1) is 0 Å². The number of methoxy groups -OCH3 is 1. The molecular weight excluding hydrogens is 272 g/mol. The van der Waals surface area contributed by atoms with E-state index in [0.717, 1.165) is 32.1 Å². The molecule has 1 aliphatic carbocycles. The van der Waals surface area contributed by atoms with Crippen LogP contribution in [0.25, 0.3) is 0 Å². The molecule has 1 saturated carbocycles. The van der Waals surface area contributed by atoms with Crippen LogP contribution in [-0.2, 0) is 9.53 Å². The molecule has 2 aliphatic rings. The number of hydrogen-bond acceptors (Lipinski definition) is 3. The van der Waals surface area contributed by atoms with Gasteiger partial charge in [-0.1, -0.05) is 19.3 Å². The van der Waals surface area contributed by atoms with Crippen molar-refractivity contribution in [3.63, 3.8) is 0 Å². The lowest BCUT2D eigenvalue weighted by Gasteiger charge is -2.38. The number of hydrogen-bond donors (Lipinski definition) is 2. The van der Waals surface area contributed by atoms with Gasteiger partial charge < -0.3 is 20.1 Å². The molecule has 2 amide bonds. The quantitative estimate of drug-likeness (QED) is 0.830. The molecule has 1 unspecified atom stereocenters. The maximum Gasteiger partial charge on any atom is 0.329 e. The van der Waals surface area contributed by atoms with Gasteiger partial charge in [0.2, 0.25) is 0 Å². The van der Waals surface area contributed by atoms with E-state index in [-0.39, 0.29) is 6.03 Å². The highest BCUT2D eigenvalue weighted by Crippen LogP contribution is 2.29. The van der Waals surface area contributed by atoms with Gasteiger partial charge in [-0.25, -0.2) is 9.59 Å². The van der Waals surface area contributed by atoms with Crippen LogP contribution in [0.4, 0.5) is 4.79 Å². The Morgan fingerprint density at radius 2 is 2.00 bits per heavy atom. The molecule has 2 rings (SSSR count). The molecular formula is C15H26N2O4. The number of carbonyl (C=O) groups excluding carboxylic acids is 1. The summed E-state index contributed by atoms with van der Waals surface area (Å²) in [5, 5.41) is 12.3. The second kappa shape index (κ2) is 7.11. The van der Waals surface area contributed by atoms with Crippen molar-refractivity contribution in [3.8, 4) is 0 Å². The smallest absolute Gasteiger partial charge is 0.329 e. The van der Waals surface area contributed by atoms with Crippen LogP contribution in [0.1, 0.15) is 44.9 Å². The predicted molar refractivity (Wildman–Crippen MR) is 78.2 cm³/mol. The minimum atomic E-state index is -1.07. The van der Waals surface area contributed by atoms with Crippen molar-refractivity contribution in [2.24, 2.45) is 5.92 Å². The zero-order valence-corrected chi connectivity index (χ0v) is 12.8. The first kappa shape index (κ1) is 16.1. The molecule has 1 saturated heterocycles. The van der Waals surface area contributed by atoms with Crippen molar-refractivity contribution in [3.05, 3.63) is 0 Å². The summed E-state index contributed by atoms with van der Waals surface area (Å²) in [6.07, 6.45) is 5.83. The molecule has 2 fully saturated rings. The van der Waals surface area contributed by atoms with E-state index < -0.39 is 11.5 Å². The van der Waals surface area contributed by atoms with Crippen LogP contribution in [0, 0.1) is 5.92 Å². The van der Waals surface area contributed by atoms with E-state index in [2.05, 4.69) is 5.32 Å². The van der Waals surface area contributed by atoms with E-state index in [4.69, 9.17) is 4.74 Å². The molecule has 0 radical (unpaired) electrons. The molecule has 0 aromatic carbocycles. The summed E-state index contributed by atoms with van der Waals surface area (Å²) < 4.78 is 5.16. The van der Waals surface area contributed by atoms with Crippen LogP contribution >= 0.6 is 0 Å². The van der Waals surface area contributed by atoms with Gasteiger partial charge in [0.15, 0.2) is 0 Å². The summed E-state index contributed by atoms with van der Waals surface area (Å²) in [4.78, 5) is 25.8. The Morgan fingerprint density at radius 3 is 2.62 bits per heavy atom. The highest BCUT2D eigenvalue weighted by Gasteiger charge is 2.42. The standard InChI is InChI=1S/C15H26N2O4/c1-21-11-12-6-5-9-17(10-12)14(20)16-15(13(18)19)7-3-2-4-8-15/h12H,2-11H2,1H3,(H,16,20)(H,18,19). The third-order valence-corrected chi connectivity index (χ3v) is 4.67. The Bertz CT molecular complexity index is 378. The fourth-order valence-corrected chi connectivity index (χ4v) is 3.45. The minimum Gasteiger partial charge on any atom is -0.480 e. The molecule has 21 heavy (non-hydrogen) atoms. The van der Waals surface area contributed by atoms with Crippen LogP contribution in [0.15, 0.2) is 0 Å². The van der Waals surface area contributed by atoms with Gasteiger partial charge in [0.1, 0.15) is 5.54 Å². The lowest BCUT2D eigenvalue weighted by atomic mass is 9.82. The maximum atomic E-state index is 12.4. The molecule has 1 atom stereocenters. The van der Waals surface area contributed by atoms with Gasteiger partial charge in [-0.3, -0.25) is 0 Å². The van der Waals surface area contributed by atoms with E-state index in [1.54, 1.807) is 12.0 Å². The number of carboxylic acids is 1. The van der Waals surface area contributed by atoms with Crippen LogP contribution in [0.3, 0.4) is 0 Å². The number of ether oxygens (including phenoxy) is 1. The number of carbonyl (C=O) groups is 2.